The van der Waals surface area contributed by atoms with E-state index in [9.17, 15) is 4.79 Å². The number of carbonyl (C=O) groups is 1. The number of hydrogen-bond donors (Lipinski definition) is 0. The predicted octanol–water partition coefficient (Wildman–Crippen LogP) is 2.11. The number of rotatable bonds is 2. The van der Waals surface area contributed by atoms with Crippen molar-refractivity contribution in [2.75, 3.05) is 0 Å². The van der Waals surface area contributed by atoms with Gasteiger partial charge < -0.3 is 0 Å². The molecule has 0 radical (unpaired) electrons. The van der Waals surface area contributed by atoms with Crippen LogP contribution >= 0.6 is 11.6 Å². The van der Waals surface area contributed by atoms with Crippen LogP contribution in [0.5, 0.6) is 0 Å². The summed E-state index contributed by atoms with van der Waals surface area (Å²) >= 11 is 5.43. The van der Waals surface area contributed by atoms with Crippen LogP contribution in [0.25, 0.3) is 0 Å². The van der Waals surface area contributed by atoms with Crippen molar-refractivity contribution >= 4 is 17.4 Å². The summed E-state index contributed by atoms with van der Waals surface area (Å²) < 4.78 is 0. The van der Waals surface area contributed by atoms with Gasteiger partial charge in [-0.25, -0.2) is 0 Å². The van der Waals surface area contributed by atoms with Gasteiger partial charge in [-0.15, -0.1) is 0 Å². The first kappa shape index (κ1) is 7.70. The Balaban J connectivity index is 3.83. The first-order valence-electron chi connectivity index (χ1n) is 2.57. The highest BCUT2D eigenvalue weighted by Gasteiger charge is 1.98. The number of halogens is 1. The minimum atomic E-state index is 0.00849. The first-order valence-corrected chi connectivity index (χ1v) is 2.95. The summed E-state index contributed by atoms with van der Waals surface area (Å²) in [6.07, 6.45) is 2.09. The van der Waals surface area contributed by atoms with Gasteiger partial charge in [-0.2, -0.15) is 0 Å². The van der Waals surface area contributed by atoms with Crippen molar-refractivity contribution in [1.82, 2.24) is 0 Å². The summed E-state index contributed by atoms with van der Waals surface area (Å²) in [4.78, 5) is 10.5. The number of allylic oxidation sites excluding steroid dienone is 2. The van der Waals surface area contributed by atoms with Gasteiger partial charge in [0.05, 0.1) is 5.03 Å². The molecule has 0 aromatic heterocycles. The fourth-order valence-corrected chi connectivity index (χ4v) is 0.463. The van der Waals surface area contributed by atoms with Crippen molar-refractivity contribution < 1.29 is 4.79 Å². The molecule has 0 aliphatic heterocycles. The molecule has 0 aromatic rings. The van der Waals surface area contributed by atoms with Crippen LogP contribution in [0.2, 0.25) is 0 Å². The van der Waals surface area contributed by atoms with Gasteiger partial charge in [0, 0.05) is 6.42 Å². The molecule has 2 heteroatoms. The van der Waals surface area contributed by atoms with Gasteiger partial charge in [0.2, 0.25) is 0 Å². The average molecular weight is 133 g/mol. The highest BCUT2D eigenvalue weighted by molar-refractivity contribution is 6.42. The van der Waals surface area contributed by atoms with Gasteiger partial charge >= 0.3 is 0 Å². The van der Waals surface area contributed by atoms with Crippen molar-refractivity contribution in [2.45, 2.75) is 20.3 Å². The summed E-state index contributed by atoms with van der Waals surface area (Å²) in [5, 5.41) is 0.340. The fraction of sp³-hybridized carbons (Fsp3) is 0.500. The molecule has 0 aliphatic carbocycles. The van der Waals surface area contributed by atoms with Crippen molar-refractivity contribution in [3.63, 3.8) is 0 Å². The quantitative estimate of drug-likeness (QED) is 0.526. The van der Waals surface area contributed by atoms with Crippen molar-refractivity contribution in [1.29, 1.82) is 0 Å². The molecule has 0 saturated heterocycles. The predicted molar refractivity (Wildman–Crippen MR) is 34.9 cm³/mol. The van der Waals surface area contributed by atoms with Gasteiger partial charge in [0.25, 0.3) is 0 Å². The number of Topliss-reactive ketones (excluding diaryl/α,β-unsaturated/α-hetero) is 1. The summed E-state index contributed by atoms with van der Waals surface area (Å²) in [5.74, 6) is 0.00849. The van der Waals surface area contributed by atoms with Crippen molar-refractivity contribution in [3.8, 4) is 0 Å². The van der Waals surface area contributed by atoms with Crippen LogP contribution in [0.3, 0.4) is 0 Å². The highest BCUT2D eigenvalue weighted by atomic mass is 35.5. The number of hydrogen-bond acceptors (Lipinski definition) is 1. The molecule has 0 aliphatic rings. The lowest BCUT2D eigenvalue weighted by atomic mass is 10.3. The summed E-state index contributed by atoms with van der Waals surface area (Å²) in [6.45, 7) is 3.53. The topological polar surface area (TPSA) is 17.1 Å². The Morgan fingerprint density at radius 2 is 2.25 bits per heavy atom. The Bertz CT molecular complexity index is 116. The van der Waals surface area contributed by atoms with Crippen molar-refractivity contribution in [3.05, 3.63) is 11.1 Å². The van der Waals surface area contributed by atoms with Gasteiger partial charge in [0.1, 0.15) is 0 Å². The Labute approximate surface area is 54.3 Å². The lowest BCUT2D eigenvalue weighted by molar-refractivity contribution is -0.114. The molecule has 1 nitrogen and oxygen atoms in total. The number of carbonyl (C=O) groups excluding carboxylic acids is 1. The smallest absolute Gasteiger partial charge is 0.173 e. The maximum Gasteiger partial charge on any atom is 0.173 e. The molecular weight excluding hydrogens is 124 g/mol. The Morgan fingerprint density at radius 1 is 1.75 bits per heavy atom. The second-order valence-electron chi connectivity index (χ2n) is 1.41. The summed E-state index contributed by atoms with van der Waals surface area (Å²) in [6, 6.07) is 0. The minimum Gasteiger partial charge on any atom is -0.293 e. The molecule has 0 spiro atoms. The van der Waals surface area contributed by atoms with Crippen LogP contribution < -0.4 is 0 Å². The molecule has 46 valence electrons. The lowest BCUT2D eigenvalue weighted by Gasteiger charge is -1.88. The van der Waals surface area contributed by atoms with Crippen LogP contribution in [0, 0.1) is 0 Å². The maximum atomic E-state index is 10.5. The van der Waals surface area contributed by atoms with Gasteiger partial charge in [-0.1, -0.05) is 24.6 Å². The summed E-state index contributed by atoms with van der Waals surface area (Å²) in [5.41, 5.74) is 0. The minimum absolute atomic E-state index is 0.00849. The molecule has 0 fully saturated rings. The van der Waals surface area contributed by atoms with E-state index in [2.05, 4.69) is 0 Å². The third-order valence-electron chi connectivity index (χ3n) is 0.841. The van der Waals surface area contributed by atoms with Gasteiger partial charge in [-0.3, -0.25) is 4.79 Å². The van der Waals surface area contributed by atoms with E-state index in [1.807, 2.05) is 0 Å². The molecular formula is C6H9ClO. The molecule has 0 atom stereocenters. The second-order valence-corrected chi connectivity index (χ2v) is 1.82. The molecule has 0 rings (SSSR count). The van der Waals surface area contributed by atoms with Crippen LogP contribution in [-0.2, 0) is 4.79 Å². The second kappa shape index (κ2) is 3.67. The largest absolute Gasteiger partial charge is 0.293 e. The molecule has 0 unspecified atom stereocenters. The van der Waals surface area contributed by atoms with Crippen LogP contribution in [0.1, 0.15) is 20.3 Å². The third kappa shape index (κ3) is 2.12. The van der Waals surface area contributed by atoms with Crippen LogP contribution in [-0.4, -0.2) is 5.78 Å². The maximum absolute atomic E-state index is 10.5. The van der Waals surface area contributed by atoms with E-state index >= 15 is 0 Å². The highest BCUT2D eigenvalue weighted by Crippen LogP contribution is 2.03. The van der Waals surface area contributed by atoms with E-state index in [0.29, 0.717) is 11.5 Å². The van der Waals surface area contributed by atoms with E-state index < -0.39 is 0 Å². The monoisotopic (exact) mass is 132 g/mol. The molecule has 0 saturated carbocycles. The average Bonchev–Trinajstić information content (AvgIpc) is 1.84. The fourth-order valence-electron chi connectivity index (χ4n) is 0.330. The van der Waals surface area contributed by atoms with E-state index in [4.69, 9.17) is 11.6 Å². The van der Waals surface area contributed by atoms with Crippen molar-refractivity contribution in [2.24, 2.45) is 0 Å². The van der Waals surface area contributed by atoms with E-state index in [0.717, 1.165) is 0 Å². The Morgan fingerprint density at radius 3 is 2.38 bits per heavy atom. The SMILES string of the molecule is CC=C(Cl)C(=O)CC. The molecule has 0 amide bonds. The zero-order valence-corrected chi connectivity index (χ0v) is 5.83. The van der Waals surface area contributed by atoms with Gasteiger partial charge in [-0.05, 0) is 6.92 Å². The van der Waals surface area contributed by atoms with E-state index in [1.165, 1.54) is 0 Å². The van der Waals surface area contributed by atoms with E-state index in [1.54, 1.807) is 19.9 Å². The lowest BCUT2D eigenvalue weighted by Crippen LogP contribution is -1.92. The zero-order chi connectivity index (χ0) is 6.57. The Kier molecular flexibility index (Phi) is 3.53. The third-order valence-corrected chi connectivity index (χ3v) is 1.27. The first-order chi connectivity index (χ1) is 3.72. The normalized spacial score (nSPS) is 11.6. The number of ketones is 1. The molecule has 0 bridgehead atoms. The van der Waals surface area contributed by atoms with Crippen LogP contribution in [0.4, 0.5) is 0 Å². The molecule has 0 aromatic carbocycles. The van der Waals surface area contributed by atoms with Crippen LogP contribution in [0.15, 0.2) is 11.1 Å². The van der Waals surface area contributed by atoms with Gasteiger partial charge in [0.15, 0.2) is 5.78 Å². The standard InChI is InChI=1S/C6H9ClO/c1-3-5(7)6(8)4-2/h3H,4H2,1-2H3. The molecule has 8 heavy (non-hydrogen) atoms. The van der Waals surface area contributed by atoms with E-state index in [-0.39, 0.29) is 5.78 Å². The Hall–Kier alpha value is -0.300. The molecule has 0 N–H and O–H groups in total. The summed E-state index contributed by atoms with van der Waals surface area (Å²) in [7, 11) is 0. The zero-order valence-electron chi connectivity index (χ0n) is 5.07. The molecule has 0 heterocycles.